The third-order valence-electron chi connectivity index (χ3n) is 4.01. The SMILES string of the molecule is CC(C)CCC(c1ccccc1)N(C)C(=S)Nc1ccccc1. The normalized spacial score (nSPS) is 12.0. The summed E-state index contributed by atoms with van der Waals surface area (Å²) in [6, 6.07) is 21.0. The van der Waals surface area contributed by atoms with Crippen molar-refractivity contribution in [2.24, 2.45) is 5.92 Å². The number of anilines is 1. The van der Waals surface area contributed by atoms with Crippen LogP contribution in [0.5, 0.6) is 0 Å². The van der Waals surface area contributed by atoms with Gasteiger partial charge in [-0.1, -0.05) is 62.4 Å². The molecule has 0 fully saturated rings. The maximum Gasteiger partial charge on any atom is 0.173 e. The number of benzene rings is 2. The van der Waals surface area contributed by atoms with Crippen molar-refractivity contribution in [1.29, 1.82) is 0 Å². The van der Waals surface area contributed by atoms with Gasteiger partial charge in [0.2, 0.25) is 0 Å². The van der Waals surface area contributed by atoms with E-state index in [1.165, 1.54) is 12.0 Å². The molecule has 0 aromatic heterocycles. The van der Waals surface area contributed by atoms with E-state index in [1.807, 2.05) is 30.3 Å². The highest BCUT2D eigenvalue weighted by atomic mass is 32.1. The van der Waals surface area contributed by atoms with E-state index in [1.54, 1.807) is 0 Å². The Bertz CT molecular complexity index is 596. The number of rotatable bonds is 6. The van der Waals surface area contributed by atoms with E-state index in [-0.39, 0.29) is 0 Å². The van der Waals surface area contributed by atoms with Gasteiger partial charge in [-0.3, -0.25) is 0 Å². The number of para-hydroxylation sites is 1. The summed E-state index contributed by atoms with van der Waals surface area (Å²) in [5, 5.41) is 4.10. The minimum atomic E-state index is 0.294. The Labute approximate surface area is 145 Å². The molecule has 2 nitrogen and oxygen atoms in total. The Morgan fingerprint density at radius 2 is 1.52 bits per heavy atom. The zero-order chi connectivity index (χ0) is 16.7. The third kappa shape index (κ3) is 5.36. The molecule has 1 unspecified atom stereocenters. The zero-order valence-corrected chi connectivity index (χ0v) is 15.0. The molecule has 2 aromatic rings. The lowest BCUT2D eigenvalue weighted by Crippen LogP contribution is -2.34. The van der Waals surface area contributed by atoms with E-state index in [2.05, 4.69) is 61.4 Å². The number of hydrogen-bond acceptors (Lipinski definition) is 1. The van der Waals surface area contributed by atoms with Gasteiger partial charge < -0.3 is 10.2 Å². The smallest absolute Gasteiger partial charge is 0.173 e. The number of nitrogens with zero attached hydrogens (tertiary/aromatic N) is 1. The summed E-state index contributed by atoms with van der Waals surface area (Å²) in [7, 11) is 2.08. The van der Waals surface area contributed by atoms with Gasteiger partial charge in [0.05, 0.1) is 6.04 Å². The summed E-state index contributed by atoms with van der Waals surface area (Å²) in [6.07, 6.45) is 2.27. The predicted octanol–water partition coefficient (Wildman–Crippen LogP) is 5.49. The van der Waals surface area contributed by atoms with E-state index >= 15 is 0 Å². The summed E-state index contributed by atoms with van der Waals surface area (Å²) in [6.45, 7) is 4.53. The van der Waals surface area contributed by atoms with Gasteiger partial charge in [-0.05, 0) is 48.7 Å². The Hall–Kier alpha value is -1.87. The molecular weight excluding hydrogens is 300 g/mol. The fraction of sp³-hybridized carbons (Fsp3) is 0.350. The highest BCUT2D eigenvalue weighted by Gasteiger charge is 2.19. The van der Waals surface area contributed by atoms with Gasteiger partial charge in [0.1, 0.15) is 0 Å². The van der Waals surface area contributed by atoms with Crippen LogP contribution in [0.1, 0.15) is 38.3 Å². The third-order valence-corrected chi connectivity index (χ3v) is 4.40. The van der Waals surface area contributed by atoms with Crippen LogP contribution in [0, 0.1) is 5.92 Å². The molecule has 0 radical (unpaired) electrons. The molecule has 1 N–H and O–H groups in total. The largest absolute Gasteiger partial charge is 0.345 e. The van der Waals surface area contributed by atoms with Gasteiger partial charge in [-0.25, -0.2) is 0 Å². The molecule has 0 spiro atoms. The molecule has 0 amide bonds. The average Bonchev–Trinajstić information content (AvgIpc) is 2.56. The first-order valence-electron chi connectivity index (χ1n) is 8.21. The molecule has 2 rings (SSSR count). The van der Waals surface area contributed by atoms with Gasteiger partial charge in [0.15, 0.2) is 5.11 Å². The van der Waals surface area contributed by atoms with E-state index in [0.29, 0.717) is 12.0 Å². The van der Waals surface area contributed by atoms with E-state index in [0.717, 1.165) is 17.2 Å². The lowest BCUT2D eigenvalue weighted by Gasteiger charge is -2.31. The maximum absolute atomic E-state index is 5.63. The second kappa shape index (κ2) is 8.68. The van der Waals surface area contributed by atoms with Gasteiger partial charge in [0, 0.05) is 12.7 Å². The van der Waals surface area contributed by atoms with E-state index < -0.39 is 0 Å². The number of hydrogen-bond donors (Lipinski definition) is 1. The second-order valence-corrected chi connectivity index (χ2v) is 6.69. The minimum Gasteiger partial charge on any atom is -0.345 e. The lowest BCUT2D eigenvalue weighted by molar-refractivity contribution is 0.334. The van der Waals surface area contributed by atoms with Crippen LogP contribution >= 0.6 is 12.2 Å². The van der Waals surface area contributed by atoms with Crippen molar-refractivity contribution in [3.8, 4) is 0 Å². The average molecular weight is 327 g/mol. The molecule has 3 heteroatoms. The molecule has 0 saturated heterocycles. The summed E-state index contributed by atoms with van der Waals surface area (Å²) < 4.78 is 0. The fourth-order valence-corrected chi connectivity index (χ4v) is 2.87. The van der Waals surface area contributed by atoms with Crippen molar-refractivity contribution in [3.63, 3.8) is 0 Å². The molecule has 122 valence electrons. The summed E-state index contributed by atoms with van der Waals surface area (Å²) in [5.74, 6) is 0.685. The van der Waals surface area contributed by atoms with Gasteiger partial charge in [-0.15, -0.1) is 0 Å². The van der Waals surface area contributed by atoms with Crippen molar-refractivity contribution < 1.29 is 0 Å². The van der Waals surface area contributed by atoms with Crippen molar-refractivity contribution in [2.45, 2.75) is 32.7 Å². The van der Waals surface area contributed by atoms with E-state index in [4.69, 9.17) is 12.2 Å². The molecule has 0 aliphatic heterocycles. The number of nitrogens with one attached hydrogen (secondary N) is 1. The molecule has 0 saturated carbocycles. The summed E-state index contributed by atoms with van der Waals surface area (Å²) in [5.41, 5.74) is 2.34. The van der Waals surface area contributed by atoms with Crippen molar-refractivity contribution in [2.75, 3.05) is 12.4 Å². The maximum atomic E-state index is 5.63. The first-order valence-corrected chi connectivity index (χ1v) is 8.62. The molecule has 2 aromatic carbocycles. The molecule has 0 aliphatic carbocycles. The molecule has 0 aliphatic rings. The minimum absolute atomic E-state index is 0.294. The van der Waals surface area contributed by atoms with Crippen molar-refractivity contribution >= 4 is 23.0 Å². The standard InChI is InChI=1S/C20H26N2S/c1-16(2)14-15-19(17-10-6-4-7-11-17)22(3)20(23)21-18-12-8-5-9-13-18/h4-13,16,19H,14-15H2,1-3H3,(H,21,23). The van der Waals surface area contributed by atoms with Crippen LogP contribution in [-0.4, -0.2) is 17.1 Å². The summed E-state index contributed by atoms with van der Waals surface area (Å²) >= 11 is 5.63. The Kier molecular flexibility index (Phi) is 6.60. The van der Waals surface area contributed by atoms with Crippen molar-refractivity contribution in [3.05, 3.63) is 66.2 Å². The monoisotopic (exact) mass is 326 g/mol. The molecule has 1 atom stereocenters. The lowest BCUT2D eigenvalue weighted by atomic mass is 9.97. The Morgan fingerprint density at radius 1 is 0.957 bits per heavy atom. The van der Waals surface area contributed by atoms with Crippen LogP contribution in [0.25, 0.3) is 0 Å². The van der Waals surface area contributed by atoms with Crippen LogP contribution < -0.4 is 5.32 Å². The number of thiocarbonyl (C=S) groups is 1. The Morgan fingerprint density at radius 3 is 2.09 bits per heavy atom. The Balaban J connectivity index is 2.12. The highest BCUT2D eigenvalue weighted by molar-refractivity contribution is 7.80. The molecule has 0 heterocycles. The fourth-order valence-electron chi connectivity index (χ4n) is 2.62. The molecule has 0 bridgehead atoms. The zero-order valence-electron chi connectivity index (χ0n) is 14.2. The summed E-state index contributed by atoms with van der Waals surface area (Å²) in [4.78, 5) is 2.18. The first kappa shape index (κ1) is 17.5. The molecule has 23 heavy (non-hydrogen) atoms. The topological polar surface area (TPSA) is 15.3 Å². The highest BCUT2D eigenvalue weighted by Crippen LogP contribution is 2.27. The van der Waals surface area contributed by atoms with Crippen LogP contribution in [0.2, 0.25) is 0 Å². The van der Waals surface area contributed by atoms with Gasteiger partial charge >= 0.3 is 0 Å². The second-order valence-electron chi connectivity index (χ2n) is 6.30. The van der Waals surface area contributed by atoms with E-state index in [9.17, 15) is 0 Å². The van der Waals surface area contributed by atoms with Gasteiger partial charge in [-0.2, -0.15) is 0 Å². The van der Waals surface area contributed by atoms with Crippen LogP contribution in [-0.2, 0) is 0 Å². The van der Waals surface area contributed by atoms with Gasteiger partial charge in [0.25, 0.3) is 0 Å². The van der Waals surface area contributed by atoms with Crippen LogP contribution in [0.3, 0.4) is 0 Å². The molecular formula is C20H26N2S. The quantitative estimate of drug-likeness (QED) is 0.706. The van der Waals surface area contributed by atoms with Crippen LogP contribution in [0.15, 0.2) is 60.7 Å². The predicted molar refractivity (Wildman–Crippen MR) is 104 cm³/mol. The van der Waals surface area contributed by atoms with Crippen LogP contribution in [0.4, 0.5) is 5.69 Å². The van der Waals surface area contributed by atoms with Crippen molar-refractivity contribution in [1.82, 2.24) is 4.90 Å². The first-order chi connectivity index (χ1) is 11.1.